The summed E-state index contributed by atoms with van der Waals surface area (Å²) in [4.78, 5) is 21.6. The number of nitro groups is 1. The Morgan fingerprint density at radius 2 is 2.10 bits per heavy atom. The number of benzene rings is 1. The van der Waals surface area contributed by atoms with Gasteiger partial charge in [0.2, 0.25) is 5.82 Å². The highest BCUT2D eigenvalue weighted by atomic mass is 19.1. The van der Waals surface area contributed by atoms with Gasteiger partial charge in [-0.2, -0.15) is 4.39 Å². The van der Waals surface area contributed by atoms with Crippen molar-refractivity contribution in [1.82, 2.24) is 5.32 Å². The van der Waals surface area contributed by atoms with Crippen LogP contribution in [0.15, 0.2) is 12.1 Å². The molecule has 0 aromatic heterocycles. The van der Waals surface area contributed by atoms with E-state index >= 15 is 0 Å². The Balaban J connectivity index is 2.21. The zero-order chi connectivity index (χ0) is 15.6. The smallest absolute Gasteiger partial charge is 0.308 e. The molecule has 2 rings (SSSR count). The fourth-order valence-electron chi connectivity index (χ4n) is 2.70. The van der Waals surface area contributed by atoms with Crippen LogP contribution in [0.5, 0.6) is 0 Å². The highest BCUT2D eigenvalue weighted by Crippen LogP contribution is 2.25. The number of nitrogens with one attached hydrogen (secondary N) is 1. The number of rotatable bonds is 3. The molecule has 2 unspecified atom stereocenters. The lowest BCUT2D eigenvalue weighted by atomic mass is 9.87. The van der Waals surface area contributed by atoms with Crippen molar-refractivity contribution in [3.63, 3.8) is 0 Å². The lowest BCUT2D eigenvalue weighted by molar-refractivity contribution is -0.387. The van der Waals surface area contributed by atoms with Crippen LogP contribution in [-0.2, 0) is 0 Å². The van der Waals surface area contributed by atoms with E-state index in [0.29, 0.717) is 18.1 Å². The van der Waals surface area contributed by atoms with E-state index in [9.17, 15) is 23.7 Å². The Hall–Kier alpha value is -2.05. The van der Waals surface area contributed by atoms with Crippen LogP contribution in [0.25, 0.3) is 0 Å². The molecule has 0 bridgehead atoms. The SMILES string of the molecule is CC1CCCC(NC(=O)c2cc(F)cc([N+](=O)[O-])c2F)C1. The Kier molecular flexibility index (Phi) is 4.50. The summed E-state index contributed by atoms with van der Waals surface area (Å²) in [7, 11) is 0. The Morgan fingerprint density at radius 1 is 1.38 bits per heavy atom. The van der Waals surface area contributed by atoms with Gasteiger partial charge in [0.1, 0.15) is 5.82 Å². The Labute approximate surface area is 120 Å². The molecule has 1 saturated carbocycles. The van der Waals surface area contributed by atoms with Crippen LogP contribution in [0.2, 0.25) is 0 Å². The van der Waals surface area contributed by atoms with Crippen LogP contribution in [0.3, 0.4) is 0 Å². The minimum atomic E-state index is -1.30. The van der Waals surface area contributed by atoms with Crippen molar-refractivity contribution in [3.05, 3.63) is 39.4 Å². The first kappa shape index (κ1) is 15.3. The summed E-state index contributed by atoms with van der Waals surface area (Å²) in [5.41, 5.74) is -1.66. The number of nitro benzene ring substituents is 1. The number of amides is 1. The summed E-state index contributed by atoms with van der Waals surface area (Å²) in [6, 6.07) is 1.04. The lowest BCUT2D eigenvalue weighted by Crippen LogP contribution is -2.38. The Bertz CT molecular complexity index is 578. The van der Waals surface area contributed by atoms with Gasteiger partial charge >= 0.3 is 5.69 Å². The van der Waals surface area contributed by atoms with E-state index in [-0.39, 0.29) is 6.04 Å². The molecule has 1 aromatic carbocycles. The second kappa shape index (κ2) is 6.15. The zero-order valence-corrected chi connectivity index (χ0v) is 11.6. The summed E-state index contributed by atoms with van der Waals surface area (Å²) in [5.74, 6) is -2.67. The molecule has 7 heteroatoms. The van der Waals surface area contributed by atoms with E-state index in [1.807, 2.05) is 0 Å². The fourth-order valence-corrected chi connectivity index (χ4v) is 2.70. The third-order valence-electron chi connectivity index (χ3n) is 3.73. The maximum Gasteiger partial charge on any atom is 0.308 e. The number of hydrogen-bond donors (Lipinski definition) is 1. The minimum absolute atomic E-state index is 0.108. The number of carbonyl (C=O) groups excluding carboxylic acids is 1. The van der Waals surface area contributed by atoms with Gasteiger partial charge in [-0.3, -0.25) is 14.9 Å². The van der Waals surface area contributed by atoms with Crippen molar-refractivity contribution in [2.24, 2.45) is 5.92 Å². The van der Waals surface area contributed by atoms with Gasteiger partial charge in [-0.05, 0) is 24.8 Å². The normalized spacial score (nSPS) is 21.9. The van der Waals surface area contributed by atoms with Gasteiger partial charge in [-0.25, -0.2) is 4.39 Å². The van der Waals surface area contributed by atoms with Gasteiger partial charge < -0.3 is 5.32 Å². The molecule has 1 aromatic rings. The molecule has 0 aliphatic heterocycles. The van der Waals surface area contributed by atoms with Gasteiger partial charge in [0, 0.05) is 6.04 Å². The molecule has 0 saturated heterocycles. The van der Waals surface area contributed by atoms with E-state index in [1.165, 1.54) is 0 Å². The quantitative estimate of drug-likeness (QED) is 0.688. The standard InChI is InChI=1S/C14H16F2N2O3/c1-8-3-2-4-10(5-8)17-14(19)11-6-9(15)7-12(13(11)16)18(20)21/h6-8,10H,2-5H2,1H3,(H,17,19). The molecule has 5 nitrogen and oxygen atoms in total. The predicted molar refractivity (Wildman–Crippen MR) is 71.9 cm³/mol. The number of halogens is 2. The van der Waals surface area contributed by atoms with Crippen LogP contribution >= 0.6 is 0 Å². The van der Waals surface area contributed by atoms with E-state index in [1.54, 1.807) is 0 Å². The average molecular weight is 298 g/mol. The molecule has 114 valence electrons. The molecule has 2 atom stereocenters. The topological polar surface area (TPSA) is 72.2 Å². The molecule has 1 amide bonds. The van der Waals surface area contributed by atoms with Crippen LogP contribution in [-0.4, -0.2) is 16.9 Å². The number of carbonyl (C=O) groups is 1. The first-order valence-corrected chi connectivity index (χ1v) is 6.82. The maximum atomic E-state index is 13.9. The van der Waals surface area contributed by atoms with Crippen molar-refractivity contribution in [3.8, 4) is 0 Å². The van der Waals surface area contributed by atoms with Crippen molar-refractivity contribution in [2.75, 3.05) is 0 Å². The Morgan fingerprint density at radius 3 is 2.71 bits per heavy atom. The van der Waals surface area contributed by atoms with Crippen LogP contribution in [0.1, 0.15) is 43.0 Å². The minimum Gasteiger partial charge on any atom is -0.349 e. The van der Waals surface area contributed by atoms with Gasteiger partial charge in [-0.1, -0.05) is 19.8 Å². The van der Waals surface area contributed by atoms with E-state index in [4.69, 9.17) is 0 Å². The molecule has 0 radical (unpaired) electrons. The van der Waals surface area contributed by atoms with Crippen molar-refractivity contribution in [1.29, 1.82) is 0 Å². The van der Waals surface area contributed by atoms with Crippen LogP contribution in [0.4, 0.5) is 14.5 Å². The summed E-state index contributed by atoms with van der Waals surface area (Å²) in [6.45, 7) is 2.06. The van der Waals surface area contributed by atoms with Crippen LogP contribution < -0.4 is 5.32 Å². The summed E-state index contributed by atoms with van der Waals surface area (Å²) in [6.07, 6.45) is 3.57. The van der Waals surface area contributed by atoms with Crippen molar-refractivity contribution >= 4 is 11.6 Å². The summed E-state index contributed by atoms with van der Waals surface area (Å²) < 4.78 is 27.2. The molecule has 0 spiro atoms. The monoisotopic (exact) mass is 298 g/mol. The second-order valence-corrected chi connectivity index (χ2v) is 5.49. The zero-order valence-electron chi connectivity index (χ0n) is 11.6. The van der Waals surface area contributed by atoms with Crippen molar-refractivity contribution in [2.45, 2.75) is 38.6 Å². The fraction of sp³-hybridized carbons (Fsp3) is 0.500. The van der Waals surface area contributed by atoms with Crippen LogP contribution in [0, 0.1) is 27.7 Å². The maximum absolute atomic E-state index is 13.9. The van der Waals surface area contributed by atoms with E-state index < -0.39 is 33.7 Å². The first-order valence-electron chi connectivity index (χ1n) is 6.82. The number of hydrogen-bond acceptors (Lipinski definition) is 3. The van der Waals surface area contributed by atoms with Crippen molar-refractivity contribution < 1.29 is 18.5 Å². The molecule has 1 aliphatic carbocycles. The highest BCUT2D eigenvalue weighted by Gasteiger charge is 2.27. The average Bonchev–Trinajstić information content (AvgIpc) is 2.40. The van der Waals surface area contributed by atoms with E-state index in [0.717, 1.165) is 25.7 Å². The molecule has 1 fully saturated rings. The molecule has 1 N–H and O–H groups in total. The molecular formula is C14H16F2N2O3. The summed E-state index contributed by atoms with van der Waals surface area (Å²) >= 11 is 0. The van der Waals surface area contributed by atoms with Gasteiger partial charge in [-0.15, -0.1) is 0 Å². The molecular weight excluding hydrogens is 282 g/mol. The highest BCUT2D eigenvalue weighted by molar-refractivity contribution is 5.95. The van der Waals surface area contributed by atoms with E-state index in [2.05, 4.69) is 12.2 Å². The van der Waals surface area contributed by atoms with Gasteiger partial charge in [0.25, 0.3) is 5.91 Å². The van der Waals surface area contributed by atoms with Gasteiger partial charge in [0.05, 0.1) is 16.6 Å². The molecule has 21 heavy (non-hydrogen) atoms. The molecule has 0 heterocycles. The molecule has 1 aliphatic rings. The third-order valence-corrected chi connectivity index (χ3v) is 3.73. The largest absolute Gasteiger partial charge is 0.349 e. The third kappa shape index (κ3) is 3.53. The predicted octanol–water partition coefficient (Wildman–Crippen LogP) is 3.18. The number of nitrogens with zero attached hydrogens (tertiary/aromatic N) is 1. The first-order chi connectivity index (χ1) is 9.88. The second-order valence-electron chi connectivity index (χ2n) is 5.49. The summed E-state index contributed by atoms with van der Waals surface area (Å²) in [5, 5.41) is 13.3. The lowest BCUT2D eigenvalue weighted by Gasteiger charge is -2.27. The van der Waals surface area contributed by atoms with Gasteiger partial charge in [0.15, 0.2) is 0 Å².